The number of benzene rings is 1. The first-order valence-corrected chi connectivity index (χ1v) is 6.63. The summed E-state index contributed by atoms with van der Waals surface area (Å²) in [5.74, 6) is 1.62. The number of fused-ring (bicyclic) bond motifs is 1. The van der Waals surface area contributed by atoms with Crippen molar-refractivity contribution in [1.82, 2.24) is 10.2 Å². The van der Waals surface area contributed by atoms with E-state index in [2.05, 4.69) is 22.4 Å². The smallest absolute Gasteiger partial charge is 0.205 e. The molecular formula is C12H13N3O2S. The maximum Gasteiger partial charge on any atom is 0.205 e. The largest absolute Gasteiger partial charge is 0.486 e. The average Bonchev–Trinajstić information content (AvgIpc) is 2.91. The SMILES string of the molecule is CC(Nc1nncs1)c1ccc2c(c1)OCCO2. The molecule has 1 aromatic carbocycles. The summed E-state index contributed by atoms with van der Waals surface area (Å²) in [6.45, 7) is 3.30. The highest BCUT2D eigenvalue weighted by atomic mass is 32.1. The molecule has 3 rings (SSSR count). The summed E-state index contributed by atoms with van der Waals surface area (Å²) in [6, 6.07) is 6.13. The maximum absolute atomic E-state index is 5.57. The third-order valence-corrected chi connectivity index (χ3v) is 3.39. The number of aromatic nitrogens is 2. The summed E-state index contributed by atoms with van der Waals surface area (Å²) in [6.07, 6.45) is 0. The van der Waals surface area contributed by atoms with Crippen LogP contribution in [0.4, 0.5) is 5.13 Å². The van der Waals surface area contributed by atoms with E-state index in [1.165, 1.54) is 11.3 Å². The first-order chi connectivity index (χ1) is 8.83. The minimum absolute atomic E-state index is 0.147. The maximum atomic E-state index is 5.57. The Morgan fingerprint density at radius 2 is 2.11 bits per heavy atom. The van der Waals surface area contributed by atoms with Crippen molar-refractivity contribution in [1.29, 1.82) is 0 Å². The Labute approximate surface area is 109 Å². The minimum atomic E-state index is 0.147. The van der Waals surface area contributed by atoms with Crippen LogP contribution in [0.2, 0.25) is 0 Å². The molecule has 0 bridgehead atoms. The Kier molecular flexibility index (Phi) is 3.02. The number of nitrogens with one attached hydrogen (secondary N) is 1. The van der Waals surface area contributed by atoms with E-state index >= 15 is 0 Å². The number of nitrogens with zero attached hydrogens (tertiary/aromatic N) is 2. The molecule has 1 aliphatic heterocycles. The molecule has 18 heavy (non-hydrogen) atoms. The van der Waals surface area contributed by atoms with Crippen LogP contribution < -0.4 is 14.8 Å². The number of rotatable bonds is 3. The molecule has 1 aliphatic rings. The molecule has 1 N–H and O–H groups in total. The summed E-state index contributed by atoms with van der Waals surface area (Å²) in [5, 5.41) is 11.9. The number of ether oxygens (including phenoxy) is 2. The predicted octanol–water partition coefficient (Wildman–Crippen LogP) is 2.48. The fraction of sp³-hybridized carbons (Fsp3) is 0.333. The van der Waals surface area contributed by atoms with Gasteiger partial charge in [-0.05, 0) is 24.6 Å². The Morgan fingerprint density at radius 3 is 2.89 bits per heavy atom. The van der Waals surface area contributed by atoms with Crippen molar-refractivity contribution >= 4 is 16.5 Å². The van der Waals surface area contributed by atoms with E-state index in [1.54, 1.807) is 5.51 Å². The molecule has 0 fully saturated rings. The van der Waals surface area contributed by atoms with Crippen LogP contribution in [0.25, 0.3) is 0 Å². The van der Waals surface area contributed by atoms with Crippen LogP contribution in [-0.4, -0.2) is 23.4 Å². The van der Waals surface area contributed by atoms with Crippen molar-refractivity contribution in [3.8, 4) is 11.5 Å². The van der Waals surface area contributed by atoms with Crippen molar-refractivity contribution in [3.63, 3.8) is 0 Å². The van der Waals surface area contributed by atoms with E-state index in [0.717, 1.165) is 22.2 Å². The van der Waals surface area contributed by atoms with E-state index in [9.17, 15) is 0 Å². The van der Waals surface area contributed by atoms with Gasteiger partial charge in [0, 0.05) is 0 Å². The lowest BCUT2D eigenvalue weighted by Crippen LogP contribution is -2.16. The second kappa shape index (κ2) is 4.81. The number of anilines is 1. The van der Waals surface area contributed by atoms with Gasteiger partial charge in [0.15, 0.2) is 11.5 Å². The number of hydrogen-bond acceptors (Lipinski definition) is 6. The highest BCUT2D eigenvalue weighted by Gasteiger charge is 2.14. The fourth-order valence-electron chi connectivity index (χ4n) is 1.83. The van der Waals surface area contributed by atoms with Gasteiger partial charge in [-0.3, -0.25) is 0 Å². The van der Waals surface area contributed by atoms with Crippen LogP contribution in [0.1, 0.15) is 18.5 Å². The molecule has 2 aromatic rings. The van der Waals surface area contributed by atoms with E-state index in [4.69, 9.17) is 9.47 Å². The molecule has 1 aromatic heterocycles. The van der Waals surface area contributed by atoms with Gasteiger partial charge in [-0.2, -0.15) is 0 Å². The third kappa shape index (κ3) is 2.24. The normalized spacial score (nSPS) is 15.2. The zero-order valence-corrected chi connectivity index (χ0v) is 10.7. The summed E-state index contributed by atoms with van der Waals surface area (Å²) in [4.78, 5) is 0. The van der Waals surface area contributed by atoms with Gasteiger partial charge in [-0.15, -0.1) is 10.2 Å². The standard InChI is InChI=1S/C12H13N3O2S/c1-8(14-12-15-13-7-18-12)9-2-3-10-11(6-9)17-5-4-16-10/h2-3,6-8H,4-5H2,1H3,(H,14,15). The van der Waals surface area contributed by atoms with Crippen molar-refractivity contribution in [2.45, 2.75) is 13.0 Å². The first kappa shape index (κ1) is 11.3. The molecule has 1 atom stereocenters. The Balaban J connectivity index is 1.79. The monoisotopic (exact) mass is 263 g/mol. The van der Waals surface area contributed by atoms with E-state index in [0.29, 0.717) is 13.2 Å². The van der Waals surface area contributed by atoms with E-state index < -0.39 is 0 Å². The van der Waals surface area contributed by atoms with Crippen molar-refractivity contribution in [2.24, 2.45) is 0 Å². The fourth-order valence-corrected chi connectivity index (χ4v) is 2.37. The second-order valence-electron chi connectivity index (χ2n) is 4.01. The summed E-state index contributed by atoms with van der Waals surface area (Å²) in [7, 11) is 0. The van der Waals surface area contributed by atoms with Gasteiger partial charge in [-0.1, -0.05) is 17.4 Å². The third-order valence-electron chi connectivity index (χ3n) is 2.77. The van der Waals surface area contributed by atoms with Crippen LogP contribution in [0.15, 0.2) is 23.7 Å². The van der Waals surface area contributed by atoms with Gasteiger partial charge in [0.05, 0.1) is 6.04 Å². The van der Waals surface area contributed by atoms with Crippen LogP contribution in [0.3, 0.4) is 0 Å². The lowest BCUT2D eigenvalue weighted by Gasteiger charge is -2.20. The van der Waals surface area contributed by atoms with Gasteiger partial charge < -0.3 is 14.8 Å². The van der Waals surface area contributed by atoms with Crippen LogP contribution in [-0.2, 0) is 0 Å². The molecule has 0 radical (unpaired) electrons. The first-order valence-electron chi connectivity index (χ1n) is 5.75. The minimum Gasteiger partial charge on any atom is -0.486 e. The summed E-state index contributed by atoms with van der Waals surface area (Å²) >= 11 is 1.49. The number of hydrogen-bond donors (Lipinski definition) is 1. The molecule has 0 saturated carbocycles. The van der Waals surface area contributed by atoms with E-state index in [-0.39, 0.29) is 6.04 Å². The van der Waals surface area contributed by atoms with Crippen LogP contribution in [0.5, 0.6) is 11.5 Å². The van der Waals surface area contributed by atoms with Gasteiger partial charge in [-0.25, -0.2) is 0 Å². The lowest BCUT2D eigenvalue weighted by molar-refractivity contribution is 0.171. The quantitative estimate of drug-likeness (QED) is 0.922. The highest BCUT2D eigenvalue weighted by molar-refractivity contribution is 7.13. The molecular weight excluding hydrogens is 250 g/mol. The zero-order valence-electron chi connectivity index (χ0n) is 9.92. The lowest BCUT2D eigenvalue weighted by atomic mass is 10.1. The van der Waals surface area contributed by atoms with Crippen molar-refractivity contribution in [2.75, 3.05) is 18.5 Å². The molecule has 1 unspecified atom stereocenters. The molecule has 6 heteroatoms. The molecule has 0 spiro atoms. The van der Waals surface area contributed by atoms with Crippen molar-refractivity contribution in [3.05, 3.63) is 29.3 Å². The molecule has 2 heterocycles. The average molecular weight is 263 g/mol. The van der Waals surface area contributed by atoms with Gasteiger partial charge in [0.2, 0.25) is 5.13 Å². The predicted molar refractivity (Wildman–Crippen MR) is 69.4 cm³/mol. The van der Waals surface area contributed by atoms with Crippen LogP contribution >= 0.6 is 11.3 Å². The second-order valence-corrected chi connectivity index (χ2v) is 4.85. The Bertz CT molecular complexity index is 530. The highest BCUT2D eigenvalue weighted by Crippen LogP contribution is 2.33. The zero-order chi connectivity index (χ0) is 12.4. The van der Waals surface area contributed by atoms with Gasteiger partial charge in [0.1, 0.15) is 18.7 Å². The topological polar surface area (TPSA) is 56.3 Å². The van der Waals surface area contributed by atoms with Gasteiger partial charge >= 0.3 is 0 Å². The van der Waals surface area contributed by atoms with Gasteiger partial charge in [0.25, 0.3) is 0 Å². The molecule has 0 amide bonds. The molecule has 0 saturated heterocycles. The van der Waals surface area contributed by atoms with E-state index in [1.807, 2.05) is 18.2 Å². The molecule has 5 nitrogen and oxygen atoms in total. The Morgan fingerprint density at radius 1 is 1.28 bits per heavy atom. The molecule has 0 aliphatic carbocycles. The summed E-state index contributed by atoms with van der Waals surface area (Å²) in [5.41, 5.74) is 2.84. The van der Waals surface area contributed by atoms with Crippen molar-refractivity contribution < 1.29 is 9.47 Å². The van der Waals surface area contributed by atoms with Crippen LogP contribution in [0, 0.1) is 0 Å². The Hall–Kier alpha value is -1.82. The summed E-state index contributed by atoms with van der Waals surface area (Å²) < 4.78 is 11.1. The molecule has 94 valence electrons.